The summed E-state index contributed by atoms with van der Waals surface area (Å²) in [5.41, 5.74) is 4.10. The Kier molecular flexibility index (Phi) is 4.93. The number of anilines is 1. The standard InChI is InChI=1S/C22H20N2OS/c25-22(21-15-17-7-1-2-10-20(17)26-21)24-19-9-5-6-16(14-19)11-12-18-8-3-4-13-23-18/h3-6,8-9,11-15H,1-2,7,10H2,(H,24,25)/b12-11+. The summed E-state index contributed by atoms with van der Waals surface area (Å²) in [6, 6.07) is 15.8. The smallest absolute Gasteiger partial charge is 0.265 e. The predicted octanol–water partition coefficient (Wildman–Crippen LogP) is 5.44. The molecule has 1 aliphatic rings. The lowest BCUT2D eigenvalue weighted by atomic mass is 9.99. The normalized spacial score (nSPS) is 13.5. The van der Waals surface area contributed by atoms with Crippen molar-refractivity contribution in [1.82, 2.24) is 4.98 Å². The molecule has 1 N–H and O–H groups in total. The summed E-state index contributed by atoms with van der Waals surface area (Å²) >= 11 is 1.64. The molecule has 3 nitrogen and oxygen atoms in total. The van der Waals surface area contributed by atoms with E-state index < -0.39 is 0 Å². The zero-order valence-electron chi connectivity index (χ0n) is 14.4. The van der Waals surface area contributed by atoms with Crippen LogP contribution in [-0.4, -0.2) is 10.9 Å². The van der Waals surface area contributed by atoms with E-state index in [1.54, 1.807) is 17.5 Å². The highest BCUT2D eigenvalue weighted by atomic mass is 32.1. The van der Waals surface area contributed by atoms with Gasteiger partial charge in [0.05, 0.1) is 10.6 Å². The number of hydrogen-bond acceptors (Lipinski definition) is 3. The fraction of sp³-hybridized carbons (Fsp3) is 0.182. The van der Waals surface area contributed by atoms with Gasteiger partial charge in [0.25, 0.3) is 5.91 Å². The summed E-state index contributed by atoms with van der Waals surface area (Å²) in [4.78, 5) is 19.1. The third-order valence-corrected chi connectivity index (χ3v) is 5.74. The number of hydrogen-bond donors (Lipinski definition) is 1. The van der Waals surface area contributed by atoms with Gasteiger partial charge in [-0.1, -0.05) is 24.3 Å². The quantitative estimate of drug-likeness (QED) is 0.673. The number of fused-ring (bicyclic) bond motifs is 1. The molecule has 1 aliphatic carbocycles. The van der Waals surface area contributed by atoms with Gasteiger partial charge in [-0.3, -0.25) is 9.78 Å². The number of carbonyl (C=O) groups is 1. The number of aromatic nitrogens is 1. The van der Waals surface area contributed by atoms with Gasteiger partial charge in [-0.05, 0) is 73.2 Å². The van der Waals surface area contributed by atoms with E-state index in [-0.39, 0.29) is 5.91 Å². The fourth-order valence-electron chi connectivity index (χ4n) is 3.17. The molecule has 0 aliphatic heterocycles. The maximum atomic E-state index is 12.6. The van der Waals surface area contributed by atoms with Crippen molar-refractivity contribution < 1.29 is 4.79 Å². The number of carbonyl (C=O) groups excluding carboxylic acids is 1. The van der Waals surface area contributed by atoms with Crippen molar-refractivity contribution in [3.8, 4) is 0 Å². The second-order valence-electron chi connectivity index (χ2n) is 6.43. The second-order valence-corrected chi connectivity index (χ2v) is 7.57. The molecule has 0 atom stereocenters. The summed E-state index contributed by atoms with van der Waals surface area (Å²) in [5, 5.41) is 3.03. The van der Waals surface area contributed by atoms with Crippen LogP contribution in [0.4, 0.5) is 5.69 Å². The minimum absolute atomic E-state index is 0.0183. The Bertz CT molecular complexity index is 920. The number of pyridine rings is 1. The van der Waals surface area contributed by atoms with Crippen LogP contribution in [-0.2, 0) is 12.8 Å². The molecule has 2 heterocycles. The number of rotatable bonds is 4. The highest BCUT2D eigenvalue weighted by Crippen LogP contribution is 2.30. The van der Waals surface area contributed by atoms with Gasteiger partial charge in [0.1, 0.15) is 0 Å². The van der Waals surface area contributed by atoms with Crippen molar-refractivity contribution in [2.75, 3.05) is 5.32 Å². The van der Waals surface area contributed by atoms with Crippen LogP contribution in [0.2, 0.25) is 0 Å². The first-order valence-corrected chi connectivity index (χ1v) is 9.72. The molecular weight excluding hydrogens is 340 g/mol. The highest BCUT2D eigenvalue weighted by molar-refractivity contribution is 7.14. The molecule has 26 heavy (non-hydrogen) atoms. The molecule has 4 rings (SSSR count). The van der Waals surface area contributed by atoms with E-state index in [4.69, 9.17) is 0 Å². The van der Waals surface area contributed by atoms with E-state index in [2.05, 4.69) is 16.4 Å². The largest absolute Gasteiger partial charge is 0.321 e. The second kappa shape index (κ2) is 7.67. The number of amides is 1. The average Bonchev–Trinajstić information content (AvgIpc) is 3.12. The van der Waals surface area contributed by atoms with Crippen LogP contribution in [0.3, 0.4) is 0 Å². The van der Waals surface area contributed by atoms with Crippen LogP contribution in [0.15, 0.2) is 54.7 Å². The minimum Gasteiger partial charge on any atom is -0.321 e. The zero-order valence-corrected chi connectivity index (χ0v) is 15.3. The van der Waals surface area contributed by atoms with Crippen LogP contribution in [0.25, 0.3) is 12.2 Å². The van der Waals surface area contributed by atoms with Gasteiger partial charge in [0.15, 0.2) is 0 Å². The van der Waals surface area contributed by atoms with Gasteiger partial charge >= 0.3 is 0 Å². The van der Waals surface area contributed by atoms with Crippen molar-refractivity contribution in [2.45, 2.75) is 25.7 Å². The first-order chi connectivity index (χ1) is 12.8. The topological polar surface area (TPSA) is 42.0 Å². The maximum absolute atomic E-state index is 12.6. The van der Waals surface area contributed by atoms with Gasteiger partial charge in [0, 0.05) is 16.8 Å². The molecule has 0 spiro atoms. The van der Waals surface area contributed by atoms with Crippen LogP contribution in [0, 0.1) is 0 Å². The number of thiophene rings is 1. The Morgan fingerprint density at radius 2 is 1.96 bits per heavy atom. The van der Waals surface area contributed by atoms with Crippen molar-refractivity contribution in [3.63, 3.8) is 0 Å². The molecule has 0 unspecified atom stereocenters. The van der Waals surface area contributed by atoms with Crippen molar-refractivity contribution >= 4 is 35.1 Å². The molecule has 4 heteroatoms. The molecule has 130 valence electrons. The fourth-order valence-corrected chi connectivity index (χ4v) is 4.32. The first kappa shape index (κ1) is 16.7. The van der Waals surface area contributed by atoms with E-state index in [0.29, 0.717) is 0 Å². The highest BCUT2D eigenvalue weighted by Gasteiger charge is 2.17. The van der Waals surface area contributed by atoms with E-state index in [9.17, 15) is 4.79 Å². The molecule has 1 aromatic carbocycles. The predicted molar refractivity (Wildman–Crippen MR) is 109 cm³/mol. The lowest BCUT2D eigenvalue weighted by Crippen LogP contribution is -2.10. The van der Waals surface area contributed by atoms with Gasteiger partial charge in [-0.15, -0.1) is 11.3 Å². The van der Waals surface area contributed by atoms with E-state index in [1.165, 1.54) is 23.3 Å². The lowest BCUT2D eigenvalue weighted by Gasteiger charge is -2.08. The summed E-state index contributed by atoms with van der Waals surface area (Å²) in [7, 11) is 0. The number of nitrogens with zero attached hydrogens (tertiary/aromatic N) is 1. The van der Waals surface area contributed by atoms with Crippen LogP contribution < -0.4 is 5.32 Å². The SMILES string of the molecule is O=C(Nc1cccc(/C=C/c2ccccn2)c1)c1cc2c(s1)CCCC2. The van der Waals surface area contributed by atoms with Crippen molar-refractivity contribution in [2.24, 2.45) is 0 Å². The van der Waals surface area contributed by atoms with Crippen molar-refractivity contribution in [1.29, 1.82) is 0 Å². The number of nitrogens with one attached hydrogen (secondary N) is 1. The average molecular weight is 360 g/mol. The molecule has 0 saturated carbocycles. The molecule has 0 bridgehead atoms. The van der Waals surface area contributed by atoms with E-state index in [1.807, 2.05) is 54.6 Å². The lowest BCUT2D eigenvalue weighted by molar-refractivity contribution is 0.103. The first-order valence-electron chi connectivity index (χ1n) is 8.90. The Labute approximate surface area is 157 Å². The Balaban J connectivity index is 1.47. The summed E-state index contributed by atoms with van der Waals surface area (Å²) in [6.45, 7) is 0. The third-order valence-electron chi connectivity index (χ3n) is 4.50. The maximum Gasteiger partial charge on any atom is 0.265 e. The van der Waals surface area contributed by atoms with Gasteiger partial charge in [-0.2, -0.15) is 0 Å². The van der Waals surface area contributed by atoms with Crippen LogP contribution in [0.1, 0.15) is 44.2 Å². The summed E-state index contributed by atoms with van der Waals surface area (Å²) in [5.74, 6) is -0.0183. The van der Waals surface area contributed by atoms with Crippen molar-refractivity contribution in [3.05, 3.63) is 81.3 Å². The molecular formula is C22H20N2OS. The van der Waals surface area contributed by atoms with Crippen LogP contribution >= 0.6 is 11.3 Å². The Morgan fingerprint density at radius 3 is 2.81 bits per heavy atom. The molecule has 0 saturated heterocycles. The van der Waals surface area contributed by atoms with Crippen LogP contribution in [0.5, 0.6) is 0 Å². The van der Waals surface area contributed by atoms with Gasteiger partial charge in [-0.25, -0.2) is 0 Å². The minimum atomic E-state index is -0.0183. The Morgan fingerprint density at radius 1 is 1.04 bits per heavy atom. The van der Waals surface area contributed by atoms with Gasteiger partial charge in [0.2, 0.25) is 0 Å². The molecule has 2 aromatic heterocycles. The zero-order chi connectivity index (χ0) is 17.8. The number of benzene rings is 1. The van der Waals surface area contributed by atoms with E-state index in [0.717, 1.165) is 34.7 Å². The summed E-state index contributed by atoms with van der Waals surface area (Å²) < 4.78 is 0. The molecule has 3 aromatic rings. The van der Waals surface area contributed by atoms with E-state index >= 15 is 0 Å². The monoisotopic (exact) mass is 360 g/mol. The number of aryl methyl sites for hydroxylation is 2. The van der Waals surface area contributed by atoms with Gasteiger partial charge < -0.3 is 5.32 Å². The third kappa shape index (κ3) is 3.92. The molecule has 1 amide bonds. The molecule has 0 radical (unpaired) electrons. The molecule has 0 fully saturated rings. The Hall–Kier alpha value is -2.72. The summed E-state index contributed by atoms with van der Waals surface area (Å²) in [6.07, 6.45) is 10.4.